The second-order valence-corrected chi connectivity index (χ2v) is 16.3. The lowest BCUT2D eigenvalue weighted by Gasteiger charge is -2.46. The quantitative estimate of drug-likeness (QED) is 0.314. The molecule has 0 saturated heterocycles. The predicted molar refractivity (Wildman–Crippen MR) is 191 cm³/mol. The summed E-state index contributed by atoms with van der Waals surface area (Å²) in [6.07, 6.45) is 13.4. The number of methoxy groups -OCH3 is 1. The molecular formula is C37H44ClN5O5S. The Bertz CT molecular complexity index is 1900. The molecule has 2 bridgehead atoms. The molecule has 49 heavy (non-hydrogen) atoms. The summed E-state index contributed by atoms with van der Waals surface area (Å²) < 4.78 is 35.3. The van der Waals surface area contributed by atoms with Crippen molar-refractivity contribution in [3.8, 4) is 5.75 Å². The van der Waals surface area contributed by atoms with E-state index in [1.807, 2.05) is 25.1 Å². The molecule has 2 aliphatic carbocycles. The molecular weight excluding hydrogens is 662 g/mol. The van der Waals surface area contributed by atoms with Crippen LogP contribution >= 0.6 is 11.6 Å². The zero-order chi connectivity index (χ0) is 34.2. The first kappa shape index (κ1) is 33.8. The minimum atomic E-state index is -3.47. The van der Waals surface area contributed by atoms with Gasteiger partial charge in [0.15, 0.2) is 0 Å². The Balaban J connectivity index is 1.28. The van der Waals surface area contributed by atoms with Crippen molar-refractivity contribution < 1.29 is 23.3 Å². The molecule has 1 saturated carbocycles. The molecule has 2 aliphatic heterocycles. The number of nitrogens with zero attached hydrogens (tertiary/aromatic N) is 4. The molecule has 1 aromatic heterocycles. The van der Waals surface area contributed by atoms with Gasteiger partial charge in [-0.05, 0) is 105 Å². The van der Waals surface area contributed by atoms with Crippen LogP contribution in [-0.2, 0) is 33.0 Å². The maximum atomic E-state index is 14.3. The monoisotopic (exact) mass is 705 g/mol. The van der Waals surface area contributed by atoms with Crippen LogP contribution in [0.2, 0.25) is 5.02 Å². The van der Waals surface area contributed by atoms with Crippen molar-refractivity contribution in [3.05, 3.63) is 88.2 Å². The normalized spacial score (nSPS) is 29.0. The Labute approximate surface area is 293 Å². The molecule has 0 radical (unpaired) electrons. The van der Waals surface area contributed by atoms with Gasteiger partial charge in [-0.1, -0.05) is 29.8 Å². The van der Waals surface area contributed by atoms with Gasteiger partial charge in [0, 0.05) is 48.9 Å². The number of nitrogens with one attached hydrogen (secondary N) is 1. The number of aryl methyl sites for hydroxylation is 2. The van der Waals surface area contributed by atoms with E-state index in [4.69, 9.17) is 21.1 Å². The highest BCUT2D eigenvalue weighted by Gasteiger charge is 2.44. The van der Waals surface area contributed by atoms with Gasteiger partial charge in [-0.25, -0.2) is 4.21 Å². The average Bonchev–Trinajstić information content (AvgIpc) is 3.51. The standard InChI is InChI=1S/C37H44ClN5O5S/c1-3-43-22-28(20-39-43)36(45)41-49(46)17-6-4-5-9-33(47-2)30-13-10-27(30)21-42-23-37(16-7-8-25-18-29(38)12-14-31(25)37)24-48-34-15-11-26(19-32(34)42)35(44)40-49/h5,9,11-12,14-15,18-20,22,27,30,33H,3-4,6-8,10,13,16-17,21,23-24H2,1-2H3,(H,40,41,44,45,46)/b9-5+/t27-,30+,33-,37-,49?/m0/s1. The predicted octanol–water partition coefficient (Wildman–Crippen LogP) is 6.37. The van der Waals surface area contributed by atoms with E-state index < -0.39 is 21.7 Å². The van der Waals surface area contributed by atoms with Gasteiger partial charge in [-0.2, -0.15) is 5.10 Å². The molecule has 2 aromatic carbocycles. The van der Waals surface area contributed by atoms with Crippen molar-refractivity contribution in [2.24, 2.45) is 16.2 Å². The number of allylic oxidation sites excluding steroid dienone is 1. The summed E-state index contributed by atoms with van der Waals surface area (Å²) in [6.45, 7) is 4.51. The van der Waals surface area contributed by atoms with Gasteiger partial charge in [0.2, 0.25) is 0 Å². The molecule has 3 aromatic rings. The van der Waals surface area contributed by atoms with Gasteiger partial charge >= 0.3 is 0 Å². The number of aromatic nitrogens is 2. The van der Waals surface area contributed by atoms with E-state index in [9.17, 15) is 13.8 Å². The van der Waals surface area contributed by atoms with Gasteiger partial charge in [-0.15, -0.1) is 4.36 Å². The number of rotatable bonds is 4. The maximum Gasteiger partial charge on any atom is 0.286 e. The van der Waals surface area contributed by atoms with E-state index in [0.29, 0.717) is 49.1 Å². The van der Waals surface area contributed by atoms with E-state index in [1.54, 1.807) is 24.1 Å². The third-order valence-corrected chi connectivity index (χ3v) is 12.8. The third-order valence-electron chi connectivity index (χ3n) is 10.7. The molecule has 1 fully saturated rings. The molecule has 10 nitrogen and oxygen atoms in total. The number of anilines is 1. The number of carbonyl (C=O) groups excluding carboxylic acids is 2. The summed E-state index contributed by atoms with van der Waals surface area (Å²) in [5.41, 5.74) is 3.67. The van der Waals surface area contributed by atoms with Crippen LogP contribution in [0.5, 0.6) is 5.75 Å². The summed E-state index contributed by atoms with van der Waals surface area (Å²) >= 11 is 6.44. The Morgan fingerprint density at radius 3 is 2.86 bits per heavy atom. The lowest BCUT2D eigenvalue weighted by Crippen LogP contribution is -2.49. The summed E-state index contributed by atoms with van der Waals surface area (Å²) in [5, 5.41) is 4.90. The van der Waals surface area contributed by atoms with Crippen LogP contribution in [-0.4, -0.2) is 64.5 Å². The lowest BCUT2D eigenvalue weighted by molar-refractivity contribution is 0.0132. The highest BCUT2D eigenvalue weighted by atomic mass is 35.5. The third kappa shape index (κ3) is 6.90. The fourth-order valence-corrected chi connectivity index (χ4v) is 9.74. The molecule has 260 valence electrons. The lowest BCUT2D eigenvalue weighted by atomic mass is 9.68. The zero-order valence-corrected chi connectivity index (χ0v) is 29.7. The van der Waals surface area contributed by atoms with Crippen LogP contribution in [0.4, 0.5) is 5.69 Å². The van der Waals surface area contributed by atoms with E-state index in [-0.39, 0.29) is 22.8 Å². The second kappa shape index (κ2) is 13.9. The fraction of sp³-hybridized carbons (Fsp3) is 0.486. The summed E-state index contributed by atoms with van der Waals surface area (Å²) in [6, 6.07) is 11.6. The molecule has 1 unspecified atom stereocenters. The van der Waals surface area contributed by atoms with Gasteiger partial charge in [0.25, 0.3) is 11.8 Å². The molecule has 4 aliphatic rings. The van der Waals surface area contributed by atoms with Crippen molar-refractivity contribution in [1.82, 2.24) is 14.5 Å². The van der Waals surface area contributed by atoms with Crippen molar-refractivity contribution >= 4 is 39.0 Å². The van der Waals surface area contributed by atoms with E-state index >= 15 is 0 Å². The van der Waals surface area contributed by atoms with Gasteiger partial charge < -0.3 is 14.4 Å². The van der Waals surface area contributed by atoms with Crippen molar-refractivity contribution in [3.63, 3.8) is 0 Å². The number of hydrogen-bond donors (Lipinski definition) is 1. The Hall–Kier alpha value is -3.67. The largest absolute Gasteiger partial charge is 0.490 e. The number of carbonyl (C=O) groups is 2. The molecule has 1 spiro atoms. The van der Waals surface area contributed by atoms with Crippen LogP contribution in [0.3, 0.4) is 0 Å². The van der Waals surface area contributed by atoms with Crippen LogP contribution in [0.25, 0.3) is 0 Å². The average molecular weight is 706 g/mol. The summed E-state index contributed by atoms with van der Waals surface area (Å²) in [4.78, 5) is 29.4. The molecule has 7 rings (SSSR count). The molecule has 2 amide bonds. The van der Waals surface area contributed by atoms with E-state index in [2.05, 4.69) is 43.4 Å². The second-order valence-electron chi connectivity index (χ2n) is 13.8. The first-order valence-electron chi connectivity index (χ1n) is 17.3. The summed E-state index contributed by atoms with van der Waals surface area (Å²) in [5.74, 6) is 0.250. The molecule has 12 heteroatoms. The zero-order valence-electron chi connectivity index (χ0n) is 28.1. The molecule has 1 N–H and O–H groups in total. The smallest absolute Gasteiger partial charge is 0.286 e. The van der Waals surface area contributed by atoms with Gasteiger partial charge in [0.1, 0.15) is 15.7 Å². The van der Waals surface area contributed by atoms with Crippen LogP contribution in [0.15, 0.2) is 65.3 Å². The highest BCUT2D eigenvalue weighted by molar-refractivity contribution is 7.92. The van der Waals surface area contributed by atoms with E-state index in [0.717, 1.165) is 55.9 Å². The Morgan fingerprint density at radius 1 is 1.20 bits per heavy atom. The van der Waals surface area contributed by atoms with Gasteiger partial charge in [-0.3, -0.25) is 19.0 Å². The van der Waals surface area contributed by atoms with E-state index in [1.165, 1.54) is 17.3 Å². The first-order valence-corrected chi connectivity index (χ1v) is 19.4. The molecule has 3 heterocycles. The number of halogens is 1. The number of ether oxygens (including phenoxy) is 2. The first-order chi connectivity index (χ1) is 23.7. The summed E-state index contributed by atoms with van der Waals surface area (Å²) in [7, 11) is -1.71. The SMILES string of the molecule is CCn1cc(C(=O)NS2(=O)=NC(=O)c3ccc4c(c3)N(C[C@@H]3CC[C@H]3[C@@H](OC)/C=C/CCC2)C[C@@]2(CCCc3cc(Cl)ccc32)CO4)cn1. The van der Waals surface area contributed by atoms with Crippen LogP contribution < -0.4 is 14.4 Å². The minimum Gasteiger partial charge on any atom is -0.490 e. The van der Waals surface area contributed by atoms with Crippen molar-refractivity contribution in [2.45, 2.75) is 69.9 Å². The minimum absolute atomic E-state index is 0.0204. The molecule has 5 atom stereocenters. The van der Waals surface area contributed by atoms with Crippen molar-refractivity contribution in [2.75, 3.05) is 37.5 Å². The van der Waals surface area contributed by atoms with Crippen LogP contribution in [0.1, 0.15) is 77.3 Å². The number of fused-ring (bicyclic) bond motifs is 4. The maximum absolute atomic E-state index is 14.3. The number of hydrogen-bond acceptors (Lipinski definition) is 7. The Kier molecular flexibility index (Phi) is 9.60. The Morgan fingerprint density at radius 2 is 2.08 bits per heavy atom. The number of amides is 2. The van der Waals surface area contributed by atoms with Gasteiger partial charge in [0.05, 0.1) is 35.9 Å². The topological polar surface area (TPSA) is 115 Å². The van der Waals surface area contributed by atoms with Crippen molar-refractivity contribution in [1.29, 1.82) is 0 Å². The number of benzene rings is 2. The fourth-order valence-electron chi connectivity index (χ4n) is 7.97. The highest BCUT2D eigenvalue weighted by Crippen LogP contribution is 2.47. The van der Waals surface area contributed by atoms with Crippen LogP contribution in [0, 0.1) is 11.8 Å².